The summed E-state index contributed by atoms with van der Waals surface area (Å²) in [7, 11) is 0. The topological polar surface area (TPSA) is 46.5 Å². The van der Waals surface area contributed by atoms with Crippen LogP contribution >= 0.6 is 48.1 Å². The highest BCUT2D eigenvalue weighted by Crippen LogP contribution is 2.36. The lowest BCUT2D eigenvalue weighted by molar-refractivity contribution is -0.136. The maximum atomic E-state index is 10.4. The molecule has 0 radical (unpaired) electrons. The number of aliphatic carboxylic acids is 1. The zero-order chi connectivity index (χ0) is 11.4. The molecule has 6 heteroatoms. The maximum Gasteiger partial charge on any atom is 0.303 e. The minimum Gasteiger partial charge on any atom is -0.481 e. The molecule has 0 aromatic heterocycles. The highest BCUT2D eigenvalue weighted by molar-refractivity contribution is 9.11. The van der Waals surface area contributed by atoms with E-state index in [1.54, 1.807) is 0 Å². The lowest BCUT2D eigenvalue weighted by Crippen LogP contribution is -1.97. The lowest BCUT2D eigenvalue weighted by atomic mass is 10.1. The molecule has 82 valence electrons. The summed E-state index contributed by atoms with van der Waals surface area (Å²) in [4.78, 5) is 10.4. The molecule has 1 aromatic rings. The Hall–Kier alpha value is -0.0700. The van der Waals surface area contributed by atoms with E-state index in [2.05, 4.69) is 48.1 Å². The molecule has 0 saturated heterocycles. The molecular formula is C9H7Br3O3. The number of benzene rings is 1. The van der Waals surface area contributed by atoms with Crippen molar-refractivity contribution in [1.82, 2.24) is 0 Å². The van der Waals surface area contributed by atoms with Crippen LogP contribution in [-0.4, -0.2) is 11.1 Å². The van der Waals surface area contributed by atoms with Gasteiger partial charge in [-0.25, -0.2) is 0 Å². The zero-order valence-electron chi connectivity index (χ0n) is 7.47. The van der Waals surface area contributed by atoms with Crippen LogP contribution in [0.3, 0.4) is 0 Å². The highest BCUT2D eigenvalue weighted by Gasteiger charge is 2.09. The van der Waals surface area contributed by atoms with Crippen LogP contribution in [0.25, 0.3) is 0 Å². The van der Waals surface area contributed by atoms with E-state index in [1.807, 2.05) is 12.1 Å². The van der Waals surface area contributed by atoms with E-state index < -0.39 is 5.97 Å². The van der Waals surface area contributed by atoms with E-state index in [1.165, 1.54) is 0 Å². The minimum absolute atomic E-state index is 0.118. The molecular weight excluding hydrogens is 396 g/mol. The van der Waals surface area contributed by atoms with Crippen LogP contribution in [0.5, 0.6) is 5.75 Å². The molecule has 0 bridgehead atoms. The summed E-state index contributed by atoms with van der Waals surface area (Å²) in [5.41, 5.74) is 0.935. The second-order valence-corrected chi connectivity index (χ2v) is 4.89. The average molecular weight is 403 g/mol. The van der Waals surface area contributed by atoms with Crippen molar-refractivity contribution in [2.45, 2.75) is 12.8 Å². The van der Waals surface area contributed by atoms with Crippen LogP contribution in [-0.2, 0) is 11.2 Å². The number of carboxylic acid groups (broad SMARTS) is 1. The number of hydrogen-bond donors (Lipinski definition) is 1. The van der Waals surface area contributed by atoms with E-state index in [9.17, 15) is 4.79 Å². The Kier molecular flexibility index (Phi) is 5.08. The van der Waals surface area contributed by atoms with E-state index in [-0.39, 0.29) is 6.42 Å². The van der Waals surface area contributed by atoms with Crippen molar-refractivity contribution in [1.29, 1.82) is 0 Å². The largest absolute Gasteiger partial charge is 0.481 e. The van der Waals surface area contributed by atoms with Crippen molar-refractivity contribution in [2.75, 3.05) is 0 Å². The first-order chi connectivity index (χ1) is 7.04. The monoisotopic (exact) mass is 400 g/mol. The average Bonchev–Trinajstić information content (AvgIpc) is 2.14. The Balaban J connectivity index is 2.88. The third kappa shape index (κ3) is 3.77. The van der Waals surface area contributed by atoms with E-state index in [0.29, 0.717) is 12.2 Å². The fraction of sp³-hybridized carbons (Fsp3) is 0.222. The fourth-order valence-corrected chi connectivity index (χ4v) is 3.31. The van der Waals surface area contributed by atoms with Gasteiger partial charge in [0.15, 0.2) is 22.0 Å². The van der Waals surface area contributed by atoms with Crippen LogP contribution in [0.1, 0.15) is 12.0 Å². The first kappa shape index (κ1) is 13.0. The molecule has 1 rings (SSSR count). The van der Waals surface area contributed by atoms with Gasteiger partial charge in [0.1, 0.15) is 0 Å². The van der Waals surface area contributed by atoms with E-state index in [0.717, 1.165) is 14.5 Å². The molecule has 1 N–H and O–H groups in total. The molecule has 0 atom stereocenters. The smallest absolute Gasteiger partial charge is 0.303 e. The molecule has 0 aliphatic rings. The Morgan fingerprint density at radius 2 is 1.87 bits per heavy atom. The standard InChI is InChI=1S/C9H7Br3O3/c10-6-3-5(1-2-8(13)14)4-7(11)9(6)15-12/h3-4H,1-2H2,(H,13,14). The van der Waals surface area contributed by atoms with Crippen molar-refractivity contribution in [3.63, 3.8) is 0 Å². The first-order valence-electron chi connectivity index (χ1n) is 4.03. The molecule has 15 heavy (non-hydrogen) atoms. The van der Waals surface area contributed by atoms with Crippen molar-refractivity contribution < 1.29 is 13.7 Å². The molecule has 0 fully saturated rings. The predicted molar refractivity (Wildman–Crippen MR) is 67.4 cm³/mol. The Labute approximate surface area is 113 Å². The Bertz CT molecular complexity index is 356. The van der Waals surface area contributed by atoms with E-state index >= 15 is 0 Å². The van der Waals surface area contributed by atoms with Gasteiger partial charge in [0.25, 0.3) is 0 Å². The third-order valence-electron chi connectivity index (χ3n) is 1.76. The quantitative estimate of drug-likeness (QED) is 0.830. The van der Waals surface area contributed by atoms with Gasteiger partial charge in [0, 0.05) is 6.42 Å². The van der Waals surface area contributed by atoms with Gasteiger partial charge in [-0.2, -0.15) is 0 Å². The van der Waals surface area contributed by atoms with E-state index in [4.69, 9.17) is 8.93 Å². The lowest BCUT2D eigenvalue weighted by Gasteiger charge is -2.06. The van der Waals surface area contributed by atoms with Gasteiger partial charge >= 0.3 is 5.97 Å². The van der Waals surface area contributed by atoms with Crippen LogP contribution < -0.4 is 3.83 Å². The van der Waals surface area contributed by atoms with Crippen molar-refractivity contribution in [2.24, 2.45) is 0 Å². The summed E-state index contributed by atoms with van der Waals surface area (Å²) in [5, 5.41) is 8.56. The third-order valence-corrected chi connectivity index (χ3v) is 3.26. The molecule has 0 spiro atoms. The second-order valence-electron chi connectivity index (χ2n) is 2.86. The van der Waals surface area contributed by atoms with Gasteiger partial charge in [-0.15, -0.1) is 0 Å². The molecule has 0 unspecified atom stereocenters. The number of aryl methyl sites for hydroxylation is 1. The van der Waals surface area contributed by atoms with Gasteiger partial charge < -0.3 is 8.93 Å². The van der Waals surface area contributed by atoms with Crippen LogP contribution in [0.2, 0.25) is 0 Å². The molecule has 0 aliphatic carbocycles. The summed E-state index contributed by atoms with van der Waals surface area (Å²) in [6, 6.07) is 3.68. The highest BCUT2D eigenvalue weighted by atomic mass is 79.9. The maximum absolute atomic E-state index is 10.4. The number of halogens is 3. The summed E-state index contributed by atoms with van der Waals surface area (Å²) >= 11 is 9.56. The molecule has 1 aromatic carbocycles. The predicted octanol–water partition coefficient (Wildman–Crippen LogP) is 3.92. The molecule has 0 aliphatic heterocycles. The van der Waals surface area contributed by atoms with Crippen molar-refractivity contribution in [3.05, 3.63) is 26.6 Å². The summed E-state index contributed by atoms with van der Waals surface area (Å²) in [5.74, 6) is -0.169. The molecule has 0 heterocycles. The van der Waals surface area contributed by atoms with Crippen LogP contribution in [0.15, 0.2) is 21.1 Å². The summed E-state index contributed by atoms with van der Waals surface area (Å²) < 4.78 is 6.50. The van der Waals surface area contributed by atoms with Gasteiger partial charge in [-0.05, 0) is 56.0 Å². The second kappa shape index (κ2) is 5.86. The van der Waals surface area contributed by atoms with Crippen LogP contribution in [0.4, 0.5) is 0 Å². The first-order valence-corrected chi connectivity index (χ1v) is 6.26. The molecule has 0 amide bonds. The van der Waals surface area contributed by atoms with Crippen molar-refractivity contribution >= 4 is 54.1 Å². The molecule has 3 nitrogen and oxygen atoms in total. The zero-order valence-corrected chi connectivity index (χ0v) is 12.2. The van der Waals surface area contributed by atoms with Crippen molar-refractivity contribution in [3.8, 4) is 5.75 Å². The summed E-state index contributed by atoms with van der Waals surface area (Å²) in [6.45, 7) is 0. The van der Waals surface area contributed by atoms with Gasteiger partial charge in [0.05, 0.1) is 8.95 Å². The molecule has 0 saturated carbocycles. The number of rotatable bonds is 4. The van der Waals surface area contributed by atoms with Crippen LogP contribution in [0, 0.1) is 0 Å². The number of carboxylic acids is 1. The number of hydrogen-bond acceptors (Lipinski definition) is 2. The van der Waals surface area contributed by atoms with Gasteiger partial charge in [-0.3, -0.25) is 4.79 Å². The normalized spacial score (nSPS) is 10.1. The summed E-state index contributed by atoms with van der Waals surface area (Å²) in [6.07, 6.45) is 0.614. The fourth-order valence-electron chi connectivity index (χ4n) is 1.08. The minimum atomic E-state index is -0.803. The number of carbonyl (C=O) groups is 1. The SMILES string of the molecule is O=C(O)CCc1cc(Br)c(OBr)c(Br)c1. The van der Waals surface area contributed by atoms with Gasteiger partial charge in [0.2, 0.25) is 0 Å². The Morgan fingerprint density at radius 3 is 2.27 bits per heavy atom. The van der Waals surface area contributed by atoms with Gasteiger partial charge in [-0.1, -0.05) is 0 Å². The Morgan fingerprint density at radius 1 is 1.33 bits per heavy atom.